The summed E-state index contributed by atoms with van der Waals surface area (Å²) in [6, 6.07) is 5.56. The van der Waals surface area contributed by atoms with Crippen LogP contribution in [0.25, 0.3) is 6.08 Å². The normalized spacial score (nSPS) is 18.7. The van der Waals surface area contributed by atoms with Crippen LogP contribution in [0.2, 0.25) is 5.02 Å². The molecule has 104 valence electrons. The molecule has 20 heavy (non-hydrogen) atoms. The van der Waals surface area contributed by atoms with Gasteiger partial charge < -0.3 is 5.11 Å². The highest BCUT2D eigenvalue weighted by Gasteiger charge is 2.40. The van der Waals surface area contributed by atoms with Crippen molar-refractivity contribution in [1.82, 2.24) is 4.90 Å². The highest BCUT2D eigenvalue weighted by atomic mass is 35.5. The van der Waals surface area contributed by atoms with Crippen LogP contribution in [0.5, 0.6) is 0 Å². The highest BCUT2D eigenvalue weighted by molar-refractivity contribution is 8.18. The van der Waals surface area contributed by atoms with Gasteiger partial charge in [-0.1, -0.05) is 23.7 Å². The summed E-state index contributed by atoms with van der Waals surface area (Å²) in [5.41, 5.74) is 0.711. The first-order valence-corrected chi connectivity index (χ1v) is 6.85. The number of hydrogen-bond donors (Lipinski definition) is 1. The summed E-state index contributed by atoms with van der Waals surface area (Å²) in [4.78, 5) is 35.6. The van der Waals surface area contributed by atoms with Crippen LogP contribution in [0.3, 0.4) is 0 Å². The van der Waals surface area contributed by atoms with E-state index in [1.54, 1.807) is 24.3 Å². The number of aliphatic carboxylic acids is 1. The number of benzene rings is 1. The van der Waals surface area contributed by atoms with Gasteiger partial charge >= 0.3 is 5.97 Å². The van der Waals surface area contributed by atoms with Crippen molar-refractivity contribution < 1.29 is 19.5 Å². The van der Waals surface area contributed by atoms with Crippen LogP contribution < -0.4 is 0 Å². The van der Waals surface area contributed by atoms with Gasteiger partial charge in [0.15, 0.2) is 0 Å². The lowest BCUT2D eigenvalue weighted by molar-refractivity contribution is -0.145. The fourth-order valence-electron chi connectivity index (χ4n) is 1.63. The number of amides is 2. The number of nitrogens with zero attached hydrogens (tertiary/aromatic N) is 1. The Kier molecular flexibility index (Phi) is 4.15. The Balaban J connectivity index is 2.28. The molecule has 2 amide bonds. The van der Waals surface area contributed by atoms with Gasteiger partial charge in [-0.15, -0.1) is 0 Å². The van der Waals surface area contributed by atoms with Crippen molar-refractivity contribution in [3.63, 3.8) is 0 Å². The molecular formula is C13H10ClNO4S. The lowest BCUT2D eigenvalue weighted by Crippen LogP contribution is -2.41. The van der Waals surface area contributed by atoms with Crippen molar-refractivity contribution in [2.45, 2.75) is 13.0 Å². The molecule has 7 heteroatoms. The summed E-state index contributed by atoms with van der Waals surface area (Å²) in [5.74, 6) is -1.81. The molecule has 1 N–H and O–H groups in total. The van der Waals surface area contributed by atoms with Crippen molar-refractivity contribution in [2.24, 2.45) is 0 Å². The molecule has 0 aromatic heterocycles. The van der Waals surface area contributed by atoms with E-state index < -0.39 is 23.2 Å². The summed E-state index contributed by atoms with van der Waals surface area (Å²) >= 11 is 6.49. The summed E-state index contributed by atoms with van der Waals surface area (Å²) in [6.45, 7) is 1.30. The molecule has 0 aliphatic carbocycles. The minimum Gasteiger partial charge on any atom is -0.480 e. The van der Waals surface area contributed by atoms with Crippen molar-refractivity contribution in [1.29, 1.82) is 0 Å². The standard InChI is InChI=1S/C13H10ClNO4S/c1-7(12(17)18)15-11(16)10(20-13(15)19)6-8-2-4-9(14)5-3-8/h2-7H,1H3,(H,17,18)/b10-6-. The molecule has 1 atom stereocenters. The van der Waals surface area contributed by atoms with Gasteiger partial charge in [-0.2, -0.15) is 0 Å². The van der Waals surface area contributed by atoms with Gasteiger partial charge in [0.1, 0.15) is 6.04 Å². The van der Waals surface area contributed by atoms with E-state index in [1.165, 1.54) is 13.0 Å². The molecule has 0 saturated carbocycles. The number of carboxylic acid groups (broad SMARTS) is 1. The zero-order valence-electron chi connectivity index (χ0n) is 10.4. The van der Waals surface area contributed by atoms with Crippen LogP contribution in [-0.4, -0.2) is 33.2 Å². The van der Waals surface area contributed by atoms with Gasteiger partial charge in [-0.05, 0) is 42.5 Å². The zero-order valence-corrected chi connectivity index (χ0v) is 11.9. The van der Waals surface area contributed by atoms with Gasteiger partial charge in [0.2, 0.25) is 0 Å². The van der Waals surface area contributed by atoms with E-state index in [-0.39, 0.29) is 4.91 Å². The lowest BCUT2D eigenvalue weighted by Gasteiger charge is -2.16. The fraction of sp³-hybridized carbons (Fsp3) is 0.154. The zero-order chi connectivity index (χ0) is 14.9. The predicted molar refractivity (Wildman–Crippen MR) is 76.4 cm³/mol. The van der Waals surface area contributed by atoms with Crippen molar-refractivity contribution in [2.75, 3.05) is 0 Å². The molecule has 0 spiro atoms. The largest absolute Gasteiger partial charge is 0.480 e. The average Bonchev–Trinajstić information content (AvgIpc) is 2.66. The van der Waals surface area contributed by atoms with Crippen molar-refractivity contribution in [3.05, 3.63) is 39.8 Å². The third kappa shape index (κ3) is 2.86. The van der Waals surface area contributed by atoms with Gasteiger partial charge in [0, 0.05) is 5.02 Å². The number of carbonyl (C=O) groups excluding carboxylic acids is 2. The van der Waals surface area contributed by atoms with E-state index in [4.69, 9.17) is 16.7 Å². The molecule has 1 aliphatic heterocycles. The van der Waals surface area contributed by atoms with E-state index in [0.29, 0.717) is 10.6 Å². The average molecular weight is 312 g/mol. The van der Waals surface area contributed by atoms with Crippen molar-refractivity contribution >= 4 is 46.6 Å². The molecule has 0 radical (unpaired) electrons. The number of halogens is 1. The molecule has 1 aromatic rings. The second-order valence-corrected chi connectivity index (χ2v) is 5.55. The van der Waals surface area contributed by atoms with Crippen LogP contribution in [0.1, 0.15) is 12.5 Å². The minimum absolute atomic E-state index is 0.199. The second kappa shape index (κ2) is 5.68. The number of hydrogen-bond acceptors (Lipinski definition) is 4. The number of carbonyl (C=O) groups is 3. The van der Waals surface area contributed by atoms with Gasteiger partial charge in [0.05, 0.1) is 4.91 Å². The smallest absolute Gasteiger partial charge is 0.326 e. The Labute approximate surface area is 124 Å². The Hall–Kier alpha value is -1.79. The fourth-order valence-corrected chi connectivity index (χ4v) is 2.67. The molecule has 2 rings (SSSR count). The summed E-state index contributed by atoms with van der Waals surface area (Å²) in [7, 11) is 0. The molecular weight excluding hydrogens is 302 g/mol. The molecule has 1 fully saturated rings. The minimum atomic E-state index is -1.22. The summed E-state index contributed by atoms with van der Waals surface area (Å²) < 4.78 is 0. The van der Waals surface area contributed by atoms with E-state index in [1.807, 2.05) is 0 Å². The Morgan fingerprint density at radius 1 is 1.35 bits per heavy atom. The van der Waals surface area contributed by atoms with Crippen molar-refractivity contribution in [3.8, 4) is 0 Å². The van der Waals surface area contributed by atoms with Crippen LogP contribution in [0, 0.1) is 0 Å². The molecule has 1 heterocycles. The second-order valence-electron chi connectivity index (χ2n) is 4.12. The number of imide groups is 1. The molecule has 0 bridgehead atoms. The lowest BCUT2D eigenvalue weighted by atomic mass is 10.2. The quantitative estimate of drug-likeness (QED) is 0.869. The Bertz CT molecular complexity index is 611. The maximum absolute atomic E-state index is 12.1. The maximum Gasteiger partial charge on any atom is 0.326 e. The third-order valence-electron chi connectivity index (χ3n) is 2.74. The number of rotatable bonds is 3. The van der Waals surface area contributed by atoms with Crippen LogP contribution >= 0.6 is 23.4 Å². The van der Waals surface area contributed by atoms with Crippen LogP contribution in [0.15, 0.2) is 29.2 Å². The molecule has 1 aliphatic rings. The van der Waals surface area contributed by atoms with Crippen LogP contribution in [-0.2, 0) is 9.59 Å². The first-order valence-electron chi connectivity index (χ1n) is 5.65. The van der Waals surface area contributed by atoms with Gasteiger partial charge in [-0.25, -0.2) is 4.79 Å². The predicted octanol–water partition coefficient (Wildman–Crippen LogP) is 2.85. The SMILES string of the molecule is CC(C(=O)O)N1C(=O)S/C(=C\c2ccc(Cl)cc2)C1=O. The van der Waals surface area contributed by atoms with E-state index in [0.717, 1.165) is 16.7 Å². The third-order valence-corrected chi connectivity index (χ3v) is 3.87. The highest BCUT2D eigenvalue weighted by Crippen LogP contribution is 2.33. The van der Waals surface area contributed by atoms with Crippen LogP contribution in [0.4, 0.5) is 4.79 Å². The monoisotopic (exact) mass is 311 g/mol. The number of thioether (sulfide) groups is 1. The van der Waals surface area contributed by atoms with E-state index in [2.05, 4.69) is 0 Å². The summed E-state index contributed by atoms with van der Waals surface area (Å²) in [5, 5.41) is 8.88. The first-order chi connectivity index (χ1) is 9.40. The Morgan fingerprint density at radius 2 is 1.95 bits per heavy atom. The van der Waals surface area contributed by atoms with Gasteiger partial charge in [0.25, 0.3) is 11.1 Å². The first kappa shape index (κ1) is 14.6. The topological polar surface area (TPSA) is 74.7 Å². The van der Waals surface area contributed by atoms with E-state index >= 15 is 0 Å². The number of carboxylic acids is 1. The molecule has 5 nitrogen and oxygen atoms in total. The Morgan fingerprint density at radius 3 is 2.50 bits per heavy atom. The molecule has 1 unspecified atom stereocenters. The molecule has 1 aromatic carbocycles. The summed E-state index contributed by atoms with van der Waals surface area (Å²) in [6.07, 6.45) is 1.54. The molecule has 1 saturated heterocycles. The van der Waals surface area contributed by atoms with E-state index in [9.17, 15) is 14.4 Å². The maximum atomic E-state index is 12.1. The van der Waals surface area contributed by atoms with Gasteiger partial charge in [-0.3, -0.25) is 14.5 Å².